The van der Waals surface area contributed by atoms with Crippen molar-refractivity contribution in [1.82, 2.24) is 14.6 Å². The van der Waals surface area contributed by atoms with E-state index in [9.17, 15) is 0 Å². The average Bonchev–Trinajstić information content (AvgIpc) is 2.96. The highest BCUT2D eigenvalue weighted by molar-refractivity contribution is 7.09. The second kappa shape index (κ2) is 4.27. The Kier molecular flexibility index (Phi) is 2.62. The second-order valence-electron chi connectivity index (χ2n) is 3.83. The minimum atomic E-state index is 0.524. The normalized spacial score (nSPS) is 11.1. The lowest BCUT2D eigenvalue weighted by molar-refractivity contribution is 0.888. The minimum Gasteiger partial charge on any atom is -0.326 e. The molecule has 0 amide bonds. The number of hydrogen-bond donors (Lipinski definition) is 1. The Morgan fingerprint density at radius 1 is 1.29 bits per heavy atom. The Labute approximate surface area is 103 Å². The van der Waals surface area contributed by atoms with Gasteiger partial charge >= 0.3 is 0 Å². The molecule has 5 heteroatoms. The van der Waals surface area contributed by atoms with E-state index in [0.29, 0.717) is 6.54 Å². The molecule has 0 aliphatic heterocycles. The molecule has 0 unspecified atom stereocenters. The summed E-state index contributed by atoms with van der Waals surface area (Å²) in [6.07, 6.45) is 2.72. The summed E-state index contributed by atoms with van der Waals surface area (Å²) >= 11 is 1.73. The molecule has 0 aromatic carbocycles. The maximum atomic E-state index is 5.60. The Bertz CT molecular complexity index is 627. The van der Waals surface area contributed by atoms with Gasteiger partial charge in [0.1, 0.15) is 0 Å². The first kappa shape index (κ1) is 10.4. The summed E-state index contributed by atoms with van der Waals surface area (Å²) in [6.45, 7) is 0.524. The van der Waals surface area contributed by atoms with E-state index >= 15 is 0 Å². The van der Waals surface area contributed by atoms with Crippen molar-refractivity contribution in [2.45, 2.75) is 13.0 Å². The van der Waals surface area contributed by atoms with E-state index in [1.807, 2.05) is 24.4 Å². The molecule has 86 valence electrons. The highest BCUT2D eigenvalue weighted by Gasteiger charge is 2.05. The van der Waals surface area contributed by atoms with Gasteiger partial charge in [0.15, 0.2) is 11.5 Å². The van der Waals surface area contributed by atoms with Crippen LogP contribution in [0.3, 0.4) is 0 Å². The third kappa shape index (κ3) is 2.07. The van der Waals surface area contributed by atoms with Crippen molar-refractivity contribution in [3.8, 4) is 0 Å². The maximum Gasteiger partial charge on any atom is 0.156 e. The summed E-state index contributed by atoms with van der Waals surface area (Å²) in [7, 11) is 0. The first-order valence-corrected chi connectivity index (χ1v) is 6.30. The van der Waals surface area contributed by atoms with E-state index in [1.165, 1.54) is 4.88 Å². The molecule has 0 fully saturated rings. The van der Waals surface area contributed by atoms with Gasteiger partial charge in [0.25, 0.3) is 0 Å². The van der Waals surface area contributed by atoms with Crippen molar-refractivity contribution in [2.24, 2.45) is 5.73 Å². The molecule has 0 aliphatic rings. The molecule has 4 nitrogen and oxygen atoms in total. The number of pyridine rings is 1. The van der Waals surface area contributed by atoms with Crippen LogP contribution in [-0.2, 0) is 13.0 Å². The van der Waals surface area contributed by atoms with Gasteiger partial charge in [0.05, 0.1) is 0 Å². The standard InChI is InChI=1S/C12H12N4S/c13-7-9-3-4-12-14-11(15-16(12)8-9)6-10-2-1-5-17-10/h1-5,8H,6-7,13H2. The van der Waals surface area contributed by atoms with E-state index in [-0.39, 0.29) is 0 Å². The number of nitrogens with two attached hydrogens (primary N) is 1. The number of fused-ring (bicyclic) bond motifs is 1. The topological polar surface area (TPSA) is 56.2 Å². The van der Waals surface area contributed by atoms with Crippen LogP contribution >= 0.6 is 11.3 Å². The molecule has 2 N–H and O–H groups in total. The average molecular weight is 244 g/mol. The number of hydrogen-bond acceptors (Lipinski definition) is 4. The zero-order valence-electron chi connectivity index (χ0n) is 9.21. The predicted octanol–water partition coefficient (Wildman–Crippen LogP) is 1.84. The van der Waals surface area contributed by atoms with Gasteiger partial charge in [-0.1, -0.05) is 12.1 Å². The smallest absolute Gasteiger partial charge is 0.156 e. The van der Waals surface area contributed by atoms with Gasteiger partial charge in [-0.25, -0.2) is 9.50 Å². The van der Waals surface area contributed by atoms with Gasteiger partial charge in [0, 0.05) is 24.0 Å². The molecule has 0 spiro atoms. The first-order chi connectivity index (χ1) is 8.35. The van der Waals surface area contributed by atoms with Crippen LogP contribution in [0.15, 0.2) is 35.8 Å². The summed E-state index contributed by atoms with van der Waals surface area (Å²) in [5, 5.41) is 6.52. The number of rotatable bonds is 3. The SMILES string of the molecule is NCc1ccc2nc(Cc3cccs3)nn2c1. The quantitative estimate of drug-likeness (QED) is 0.765. The fraction of sp³-hybridized carbons (Fsp3) is 0.167. The maximum absolute atomic E-state index is 5.60. The highest BCUT2D eigenvalue weighted by atomic mass is 32.1. The monoisotopic (exact) mass is 244 g/mol. The zero-order valence-corrected chi connectivity index (χ0v) is 10.0. The fourth-order valence-corrected chi connectivity index (χ4v) is 2.44. The van der Waals surface area contributed by atoms with E-state index < -0.39 is 0 Å². The Morgan fingerprint density at radius 2 is 2.24 bits per heavy atom. The second-order valence-corrected chi connectivity index (χ2v) is 4.86. The van der Waals surface area contributed by atoms with Crippen molar-refractivity contribution in [3.63, 3.8) is 0 Å². The summed E-state index contributed by atoms with van der Waals surface area (Å²) in [5.41, 5.74) is 7.53. The largest absolute Gasteiger partial charge is 0.326 e. The highest BCUT2D eigenvalue weighted by Crippen LogP contribution is 2.13. The van der Waals surface area contributed by atoms with Crippen LogP contribution < -0.4 is 5.73 Å². The van der Waals surface area contributed by atoms with Crippen LogP contribution in [0.5, 0.6) is 0 Å². The van der Waals surface area contributed by atoms with Gasteiger partial charge in [-0.2, -0.15) is 5.10 Å². The van der Waals surface area contributed by atoms with Crippen LogP contribution in [0, 0.1) is 0 Å². The molecule has 3 aromatic rings. The van der Waals surface area contributed by atoms with Crippen LogP contribution in [0.2, 0.25) is 0 Å². The molecule has 0 saturated heterocycles. The number of nitrogens with zero attached hydrogens (tertiary/aromatic N) is 3. The Hall–Kier alpha value is -1.72. The lowest BCUT2D eigenvalue weighted by atomic mass is 10.3. The molecule has 17 heavy (non-hydrogen) atoms. The summed E-state index contributed by atoms with van der Waals surface area (Å²) in [6, 6.07) is 8.08. The molecular formula is C12H12N4S. The third-order valence-corrected chi connectivity index (χ3v) is 3.46. The van der Waals surface area contributed by atoms with Gasteiger partial charge < -0.3 is 5.73 Å². The third-order valence-electron chi connectivity index (χ3n) is 2.58. The molecule has 3 rings (SSSR count). The predicted molar refractivity (Wildman–Crippen MR) is 68.0 cm³/mol. The van der Waals surface area contributed by atoms with E-state index in [2.05, 4.69) is 21.5 Å². The molecule has 3 aromatic heterocycles. The van der Waals surface area contributed by atoms with Crippen molar-refractivity contribution >= 4 is 17.0 Å². The van der Waals surface area contributed by atoms with Crippen LogP contribution in [0.1, 0.15) is 16.3 Å². The fourth-order valence-electron chi connectivity index (χ4n) is 1.74. The molecule has 0 saturated carbocycles. The summed E-state index contributed by atoms with van der Waals surface area (Å²) < 4.78 is 1.80. The van der Waals surface area contributed by atoms with Gasteiger partial charge in [-0.15, -0.1) is 11.3 Å². The van der Waals surface area contributed by atoms with Crippen molar-refractivity contribution in [3.05, 3.63) is 52.1 Å². The van der Waals surface area contributed by atoms with E-state index in [0.717, 1.165) is 23.5 Å². The van der Waals surface area contributed by atoms with Crippen molar-refractivity contribution in [1.29, 1.82) is 0 Å². The molecular weight excluding hydrogens is 232 g/mol. The molecule has 0 atom stereocenters. The zero-order chi connectivity index (χ0) is 11.7. The summed E-state index contributed by atoms with van der Waals surface area (Å²) in [5.74, 6) is 0.849. The van der Waals surface area contributed by atoms with Crippen LogP contribution in [0.4, 0.5) is 0 Å². The molecule has 0 aliphatic carbocycles. The lowest BCUT2D eigenvalue weighted by Gasteiger charge is -1.95. The molecule has 0 bridgehead atoms. The van der Waals surface area contributed by atoms with Crippen molar-refractivity contribution in [2.75, 3.05) is 0 Å². The van der Waals surface area contributed by atoms with Crippen LogP contribution in [0.25, 0.3) is 5.65 Å². The Balaban J connectivity index is 1.96. The number of aromatic nitrogens is 3. The van der Waals surface area contributed by atoms with Crippen molar-refractivity contribution < 1.29 is 0 Å². The van der Waals surface area contributed by atoms with Gasteiger partial charge in [-0.05, 0) is 23.1 Å². The van der Waals surface area contributed by atoms with E-state index in [1.54, 1.807) is 15.9 Å². The molecule has 3 heterocycles. The minimum absolute atomic E-state index is 0.524. The first-order valence-electron chi connectivity index (χ1n) is 5.42. The van der Waals surface area contributed by atoms with Crippen LogP contribution in [-0.4, -0.2) is 14.6 Å². The van der Waals surface area contributed by atoms with Gasteiger partial charge in [0.2, 0.25) is 0 Å². The number of thiophene rings is 1. The molecule has 0 radical (unpaired) electrons. The van der Waals surface area contributed by atoms with Gasteiger partial charge in [-0.3, -0.25) is 0 Å². The van der Waals surface area contributed by atoms with E-state index in [4.69, 9.17) is 5.73 Å². The Morgan fingerprint density at radius 3 is 3.00 bits per heavy atom. The summed E-state index contributed by atoms with van der Waals surface area (Å²) in [4.78, 5) is 5.76. The lowest BCUT2D eigenvalue weighted by Crippen LogP contribution is -1.98.